The lowest BCUT2D eigenvalue weighted by atomic mass is 9.85. The molecular weight excluding hydrogens is 456 g/mol. The molecule has 0 bridgehead atoms. The van der Waals surface area contributed by atoms with E-state index < -0.39 is 18.4 Å². The lowest BCUT2D eigenvalue weighted by molar-refractivity contribution is -0.147. The Morgan fingerprint density at radius 1 is 1.06 bits per heavy atom. The molecule has 2 N–H and O–H groups in total. The maximum absolute atomic E-state index is 12.9. The van der Waals surface area contributed by atoms with Crippen LogP contribution in [0.25, 0.3) is 0 Å². The number of carboxylic acid groups (broad SMARTS) is 2. The Morgan fingerprint density at radius 2 is 1.71 bits per heavy atom. The van der Waals surface area contributed by atoms with Gasteiger partial charge in [-0.15, -0.1) is 11.3 Å². The Kier molecular flexibility index (Phi) is 11.2. The Labute approximate surface area is 204 Å². The number of carbonyl (C=O) groups excluding carboxylic acids is 1. The van der Waals surface area contributed by atoms with Crippen molar-refractivity contribution in [1.29, 1.82) is 0 Å². The fourth-order valence-electron chi connectivity index (χ4n) is 4.16. The molecule has 1 saturated heterocycles. The van der Waals surface area contributed by atoms with E-state index in [1.54, 1.807) is 7.11 Å². The molecule has 1 aliphatic rings. The van der Waals surface area contributed by atoms with E-state index in [0.29, 0.717) is 13.0 Å². The molecule has 2 heterocycles. The van der Waals surface area contributed by atoms with Gasteiger partial charge in [0, 0.05) is 43.7 Å². The maximum atomic E-state index is 12.9. The summed E-state index contributed by atoms with van der Waals surface area (Å²) in [5.74, 6) is -2.45. The van der Waals surface area contributed by atoms with Crippen LogP contribution in [0.4, 0.5) is 5.69 Å². The second-order valence-electron chi connectivity index (χ2n) is 8.21. The van der Waals surface area contributed by atoms with Gasteiger partial charge < -0.3 is 24.7 Å². The molecule has 0 saturated carbocycles. The van der Waals surface area contributed by atoms with Gasteiger partial charge >= 0.3 is 11.9 Å². The summed E-state index contributed by atoms with van der Waals surface area (Å²) in [7, 11) is 1.74. The first-order valence-corrected chi connectivity index (χ1v) is 12.2. The number of aliphatic carboxylic acids is 2. The normalized spacial score (nSPS) is 15.1. The number of carbonyl (C=O) groups is 3. The van der Waals surface area contributed by atoms with Gasteiger partial charge in [-0.25, -0.2) is 0 Å². The Hall–Kier alpha value is -2.75. The van der Waals surface area contributed by atoms with Crippen LogP contribution < -0.4 is 4.90 Å². The summed E-state index contributed by atoms with van der Waals surface area (Å²) < 4.78 is 5.63. The number of rotatable bonds is 10. The molecule has 1 fully saturated rings. The number of amides is 1. The second kappa shape index (κ2) is 13.8. The predicted octanol–water partition coefficient (Wildman–Crippen LogP) is 3.76. The van der Waals surface area contributed by atoms with Gasteiger partial charge in [-0.2, -0.15) is 0 Å². The van der Waals surface area contributed by atoms with Gasteiger partial charge in [0.25, 0.3) is 0 Å². The van der Waals surface area contributed by atoms with Crippen LogP contribution in [0.15, 0.2) is 47.8 Å². The number of likely N-dealkylation sites (tertiary alicyclic amines) is 1. The summed E-state index contributed by atoms with van der Waals surface area (Å²) in [6.45, 7) is 5.59. The van der Waals surface area contributed by atoms with E-state index in [1.807, 2.05) is 53.5 Å². The van der Waals surface area contributed by atoms with Gasteiger partial charge in [-0.05, 0) is 42.8 Å². The summed E-state index contributed by atoms with van der Waals surface area (Å²) >= 11 is 1.83. The van der Waals surface area contributed by atoms with Crippen LogP contribution in [-0.2, 0) is 25.5 Å². The van der Waals surface area contributed by atoms with E-state index in [4.69, 9.17) is 14.9 Å². The highest BCUT2D eigenvalue weighted by Gasteiger charge is 2.42. The first-order valence-electron chi connectivity index (χ1n) is 11.4. The molecule has 1 aromatic carbocycles. The van der Waals surface area contributed by atoms with Crippen molar-refractivity contribution in [3.63, 3.8) is 0 Å². The van der Waals surface area contributed by atoms with Crippen molar-refractivity contribution >= 4 is 34.9 Å². The summed E-state index contributed by atoms with van der Waals surface area (Å²) in [6, 6.07) is 14.4. The quantitative estimate of drug-likeness (QED) is 0.488. The van der Waals surface area contributed by atoms with E-state index in [1.165, 1.54) is 4.88 Å². The largest absolute Gasteiger partial charge is 0.481 e. The Bertz CT molecular complexity index is 883. The van der Waals surface area contributed by atoms with Gasteiger partial charge in [0.05, 0.1) is 12.1 Å². The third kappa shape index (κ3) is 8.23. The van der Waals surface area contributed by atoms with Gasteiger partial charge in [0.2, 0.25) is 5.91 Å². The van der Waals surface area contributed by atoms with E-state index in [2.05, 4.69) is 22.4 Å². The third-order valence-corrected chi connectivity index (χ3v) is 6.73. The van der Waals surface area contributed by atoms with Crippen LogP contribution in [0.1, 0.15) is 37.5 Å². The minimum absolute atomic E-state index is 0.172. The highest BCUT2D eigenvalue weighted by Crippen LogP contribution is 2.34. The van der Waals surface area contributed by atoms with Crippen molar-refractivity contribution in [3.8, 4) is 0 Å². The number of carboxylic acids is 2. The minimum atomic E-state index is -1.31. The minimum Gasteiger partial charge on any atom is -0.481 e. The van der Waals surface area contributed by atoms with Crippen LogP contribution in [0.2, 0.25) is 0 Å². The standard InChI is InChI=1S/C22H30N2O2S.C3H4O4/c1-3-21(25)24(19-8-5-4-6-9-19)22(18-26-2)12-15-23(16-13-22)14-11-20-10-7-17-27-20;4-2(5)1-3(6)7/h4-10,17H,3,11-16,18H2,1-2H3;1H2,(H,4,5)(H,6,7). The van der Waals surface area contributed by atoms with Crippen molar-refractivity contribution in [1.82, 2.24) is 4.90 Å². The molecule has 3 rings (SSSR count). The number of hydrogen-bond acceptors (Lipinski definition) is 6. The second-order valence-corrected chi connectivity index (χ2v) is 9.24. The molecule has 186 valence electrons. The van der Waals surface area contributed by atoms with Gasteiger partial charge in [0.15, 0.2) is 0 Å². The maximum Gasteiger partial charge on any atom is 0.314 e. The van der Waals surface area contributed by atoms with E-state index >= 15 is 0 Å². The summed E-state index contributed by atoms with van der Waals surface area (Å²) in [6.07, 6.45) is 2.67. The lowest BCUT2D eigenvalue weighted by Gasteiger charge is -2.48. The highest BCUT2D eigenvalue weighted by molar-refractivity contribution is 7.09. The van der Waals surface area contributed by atoms with Gasteiger partial charge in [-0.3, -0.25) is 14.4 Å². The SMILES string of the molecule is CCC(=O)N(c1ccccc1)C1(COC)CCN(CCc2cccs2)CC1.O=C(O)CC(=O)O. The van der Waals surface area contributed by atoms with Crippen LogP contribution in [0.5, 0.6) is 0 Å². The number of thiophene rings is 1. The molecule has 0 atom stereocenters. The summed E-state index contributed by atoms with van der Waals surface area (Å²) in [4.78, 5) is 37.8. The zero-order valence-electron chi connectivity index (χ0n) is 19.8. The molecule has 1 aliphatic heterocycles. The number of piperidine rings is 1. The van der Waals surface area contributed by atoms with Crippen molar-refractivity contribution < 1.29 is 29.3 Å². The molecule has 2 aromatic rings. The molecule has 9 heteroatoms. The molecule has 0 radical (unpaired) electrons. The van der Waals surface area contributed by atoms with Crippen molar-refractivity contribution in [2.45, 2.75) is 44.6 Å². The molecular formula is C25H34N2O6S. The van der Waals surface area contributed by atoms with Crippen LogP contribution in [0, 0.1) is 0 Å². The molecule has 34 heavy (non-hydrogen) atoms. The Balaban J connectivity index is 0.000000509. The fraction of sp³-hybridized carbons (Fsp3) is 0.480. The van der Waals surface area contributed by atoms with Gasteiger partial charge in [0.1, 0.15) is 6.42 Å². The number of ether oxygens (including phenoxy) is 1. The first-order chi connectivity index (χ1) is 16.3. The van der Waals surface area contributed by atoms with E-state index in [9.17, 15) is 14.4 Å². The van der Waals surface area contributed by atoms with Crippen LogP contribution in [-0.4, -0.2) is 71.8 Å². The van der Waals surface area contributed by atoms with Crippen LogP contribution in [0.3, 0.4) is 0 Å². The molecule has 1 aromatic heterocycles. The molecule has 0 aliphatic carbocycles. The number of anilines is 1. The average Bonchev–Trinajstić information content (AvgIpc) is 3.33. The summed E-state index contributed by atoms with van der Waals surface area (Å²) in [5, 5.41) is 17.5. The summed E-state index contributed by atoms with van der Waals surface area (Å²) in [5.41, 5.74) is 0.719. The monoisotopic (exact) mass is 490 g/mol. The zero-order chi connectivity index (χ0) is 25.0. The average molecular weight is 491 g/mol. The third-order valence-electron chi connectivity index (χ3n) is 5.80. The zero-order valence-corrected chi connectivity index (χ0v) is 20.6. The molecule has 1 amide bonds. The lowest BCUT2D eigenvalue weighted by Crippen LogP contribution is -2.60. The molecule has 0 unspecified atom stereocenters. The number of benzene rings is 1. The predicted molar refractivity (Wildman–Crippen MR) is 132 cm³/mol. The van der Waals surface area contributed by atoms with Gasteiger partial charge in [-0.1, -0.05) is 31.2 Å². The molecule has 8 nitrogen and oxygen atoms in total. The number of para-hydroxylation sites is 1. The van der Waals surface area contributed by atoms with E-state index in [-0.39, 0.29) is 11.4 Å². The van der Waals surface area contributed by atoms with E-state index in [0.717, 1.165) is 44.6 Å². The number of nitrogens with zero attached hydrogens (tertiary/aromatic N) is 2. The van der Waals surface area contributed by atoms with Crippen LogP contribution >= 0.6 is 11.3 Å². The highest BCUT2D eigenvalue weighted by atomic mass is 32.1. The van der Waals surface area contributed by atoms with Crippen molar-refractivity contribution in [2.24, 2.45) is 0 Å². The smallest absolute Gasteiger partial charge is 0.314 e. The van der Waals surface area contributed by atoms with Crippen molar-refractivity contribution in [3.05, 3.63) is 52.7 Å². The Morgan fingerprint density at radius 3 is 2.18 bits per heavy atom. The first kappa shape index (κ1) is 27.5. The fourth-order valence-corrected chi connectivity index (χ4v) is 4.86. The number of hydrogen-bond donors (Lipinski definition) is 2. The van der Waals surface area contributed by atoms with Crippen molar-refractivity contribution in [2.75, 3.05) is 38.3 Å². The topological polar surface area (TPSA) is 107 Å². The molecule has 0 spiro atoms. The number of methoxy groups -OCH3 is 1.